The predicted octanol–water partition coefficient (Wildman–Crippen LogP) is 7.31. The molecule has 3 aromatic carbocycles. The fourth-order valence-corrected chi connectivity index (χ4v) is 4.66. The summed E-state index contributed by atoms with van der Waals surface area (Å²) in [5, 5.41) is 15.0. The largest absolute Gasteiger partial charge is 0.494 e. The number of hydrogen-bond donors (Lipinski definition) is 0. The lowest BCUT2D eigenvalue weighted by Gasteiger charge is -2.05. The summed E-state index contributed by atoms with van der Waals surface area (Å²) in [6, 6.07) is 23.4. The zero-order valence-corrected chi connectivity index (χ0v) is 20.0. The molecule has 0 aliphatic rings. The molecule has 172 valence electrons. The lowest BCUT2D eigenvalue weighted by molar-refractivity contribution is 0.309. The number of nitriles is 1. The van der Waals surface area contributed by atoms with Gasteiger partial charge in [-0.25, -0.2) is 9.78 Å². The molecule has 0 bridgehead atoms. The zero-order valence-electron chi connectivity index (χ0n) is 19.2. The number of hydrogen-bond acceptors (Lipinski definition) is 6. The Hall–Kier alpha value is -4.21. The number of unbranched alkanes of at least 4 members (excludes halogenated alkanes) is 1. The summed E-state index contributed by atoms with van der Waals surface area (Å²) in [5.41, 5.74) is 2.25. The SMILES string of the molecule is CCCCOc1ccc(/C=C(\C#N)c2nc(-c3cc4c(ccc5ccccc54)oc3=O)cs2)cc1. The Labute approximate surface area is 206 Å². The maximum absolute atomic E-state index is 12.7. The maximum Gasteiger partial charge on any atom is 0.345 e. The molecular weight excluding hydrogens is 456 g/mol. The van der Waals surface area contributed by atoms with E-state index >= 15 is 0 Å². The van der Waals surface area contributed by atoms with E-state index in [1.54, 1.807) is 11.5 Å². The first-order valence-corrected chi connectivity index (χ1v) is 12.3. The van der Waals surface area contributed by atoms with Crippen LogP contribution in [-0.4, -0.2) is 11.6 Å². The Bertz CT molecular complexity index is 1640. The van der Waals surface area contributed by atoms with Gasteiger partial charge in [0.25, 0.3) is 0 Å². The second-order valence-corrected chi connectivity index (χ2v) is 8.98. The van der Waals surface area contributed by atoms with Crippen LogP contribution in [0.3, 0.4) is 0 Å². The highest BCUT2D eigenvalue weighted by molar-refractivity contribution is 7.11. The third-order valence-corrected chi connectivity index (χ3v) is 6.61. The lowest BCUT2D eigenvalue weighted by atomic mass is 10.0. The molecule has 5 aromatic rings. The number of ether oxygens (including phenoxy) is 1. The smallest absolute Gasteiger partial charge is 0.345 e. The van der Waals surface area contributed by atoms with Gasteiger partial charge >= 0.3 is 5.63 Å². The monoisotopic (exact) mass is 478 g/mol. The first-order valence-electron chi connectivity index (χ1n) is 11.4. The van der Waals surface area contributed by atoms with E-state index in [-0.39, 0.29) is 0 Å². The second-order valence-electron chi connectivity index (χ2n) is 8.12. The van der Waals surface area contributed by atoms with Crippen LogP contribution >= 0.6 is 11.3 Å². The number of fused-ring (bicyclic) bond motifs is 3. The number of allylic oxidation sites excluding steroid dienone is 1. The number of rotatable bonds is 7. The molecule has 0 saturated carbocycles. The number of aromatic nitrogens is 1. The Kier molecular flexibility index (Phi) is 6.42. The molecule has 0 amide bonds. The quantitative estimate of drug-likeness (QED) is 0.106. The number of nitrogens with zero attached hydrogens (tertiary/aromatic N) is 2. The van der Waals surface area contributed by atoms with E-state index in [1.807, 2.05) is 66.7 Å². The molecular formula is C29H22N2O3S. The van der Waals surface area contributed by atoms with Crippen molar-refractivity contribution < 1.29 is 9.15 Å². The van der Waals surface area contributed by atoms with Crippen LogP contribution in [0.1, 0.15) is 30.3 Å². The van der Waals surface area contributed by atoms with Crippen molar-refractivity contribution >= 4 is 44.7 Å². The highest BCUT2D eigenvalue weighted by atomic mass is 32.1. The summed E-state index contributed by atoms with van der Waals surface area (Å²) in [5.74, 6) is 0.807. The van der Waals surface area contributed by atoms with Gasteiger partial charge < -0.3 is 9.15 Å². The first kappa shape index (κ1) is 22.6. The molecule has 6 heteroatoms. The Morgan fingerprint density at radius 3 is 2.74 bits per heavy atom. The van der Waals surface area contributed by atoms with E-state index in [9.17, 15) is 10.1 Å². The minimum atomic E-state index is -0.453. The van der Waals surface area contributed by atoms with Crippen molar-refractivity contribution in [3.63, 3.8) is 0 Å². The Morgan fingerprint density at radius 2 is 1.94 bits per heavy atom. The highest BCUT2D eigenvalue weighted by Gasteiger charge is 2.15. The van der Waals surface area contributed by atoms with Crippen LogP contribution < -0.4 is 10.4 Å². The Morgan fingerprint density at radius 1 is 1.11 bits per heavy atom. The fourth-order valence-electron chi connectivity index (χ4n) is 3.87. The molecule has 0 aliphatic heterocycles. The summed E-state index contributed by atoms with van der Waals surface area (Å²) in [4.78, 5) is 17.3. The van der Waals surface area contributed by atoms with E-state index in [0.717, 1.165) is 40.3 Å². The molecule has 0 atom stereocenters. The van der Waals surface area contributed by atoms with Crippen LogP contribution in [0.4, 0.5) is 0 Å². The summed E-state index contributed by atoms with van der Waals surface area (Å²) in [6.45, 7) is 2.81. The van der Waals surface area contributed by atoms with Crippen LogP contribution in [-0.2, 0) is 0 Å². The first-order chi connectivity index (χ1) is 17.2. The summed E-state index contributed by atoms with van der Waals surface area (Å²) in [7, 11) is 0. The van der Waals surface area contributed by atoms with Gasteiger partial charge in [-0.1, -0.05) is 55.8 Å². The Balaban J connectivity index is 1.47. The van der Waals surface area contributed by atoms with Gasteiger partial charge in [-0.05, 0) is 53.1 Å². The van der Waals surface area contributed by atoms with Gasteiger partial charge in [0.15, 0.2) is 0 Å². The van der Waals surface area contributed by atoms with E-state index in [0.29, 0.717) is 34.0 Å². The molecule has 0 unspecified atom stereocenters. The molecule has 0 radical (unpaired) electrons. The normalized spacial score (nSPS) is 11.6. The van der Waals surface area contributed by atoms with Crippen molar-refractivity contribution in [2.75, 3.05) is 6.61 Å². The van der Waals surface area contributed by atoms with Gasteiger partial charge in [0.05, 0.1) is 23.4 Å². The van der Waals surface area contributed by atoms with E-state index in [2.05, 4.69) is 18.0 Å². The molecule has 0 spiro atoms. The summed E-state index contributed by atoms with van der Waals surface area (Å²) >= 11 is 1.32. The maximum atomic E-state index is 12.7. The van der Waals surface area contributed by atoms with Crippen LogP contribution in [0.25, 0.3) is 44.6 Å². The topological polar surface area (TPSA) is 76.1 Å². The third kappa shape index (κ3) is 4.72. The average Bonchev–Trinajstić information content (AvgIpc) is 3.37. The minimum Gasteiger partial charge on any atom is -0.494 e. The predicted molar refractivity (Wildman–Crippen MR) is 141 cm³/mol. The van der Waals surface area contributed by atoms with Gasteiger partial charge in [-0.3, -0.25) is 0 Å². The van der Waals surface area contributed by atoms with E-state index < -0.39 is 5.63 Å². The van der Waals surface area contributed by atoms with Crippen LogP contribution in [0, 0.1) is 11.3 Å². The molecule has 5 rings (SSSR count). The van der Waals surface area contributed by atoms with Crippen LogP contribution in [0.15, 0.2) is 81.3 Å². The van der Waals surface area contributed by atoms with Gasteiger partial charge in [0, 0.05) is 10.8 Å². The fraction of sp³-hybridized carbons (Fsp3) is 0.138. The van der Waals surface area contributed by atoms with Crippen molar-refractivity contribution in [3.05, 3.63) is 93.1 Å². The molecule has 35 heavy (non-hydrogen) atoms. The molecule has 0 aliphatic carbocycles. The second kappa shape index (κ2) is 9.96. The van der Waals surface area contributed by atoms with Gasteiger partial charge in [0.2, 0.25) is 0 Å². The van der Waals surface area contributed by atoms with Crippen molar-refractivity contribution in [2.45, 2.75) is 19.8 Å². The minimum absolute atomic E-state index is 0.377. The van der Waals surface area contributed by atoms with Crippen LogP contribution in [0.2, 0.25) is 0 Å². The average molecular weight is 479 g/mol. The van der Waals surface area contributed by atoms with Crippen LogP contribution in [0.5, 0.6) is 5.75 Å². The molecule has 0 N–H and O–H groups in total. The standard InChI is InChI=1S/C29H22N2O3S/c1-2-3-14-33-22-11-8-19(9-12-22)15-21(17-30)28-31-26(18-35-28)25-16-24-23-7-5-4-6-20(23)10-13-27(24)34-29(25)32/h4-13,15-16,18H,2-3,14H2,1H3/b21-15+. The highest BCUT2D eigenvalue weighted by Crippen LogP contribution is 2.30. The summed E-state index contributed by atoms with van der Waals surface area (Å²) in [6.07, 6.45) is 3.88. The van der Waals surface area contributed by atoms with Gasteiger partial charge in [-0.15, -0.1) is 11.3 Å². The zero-order chi connectivity index (χ0) is 24.2. The summed E-state index contributed by atoms with van der Waals surface area (Å²) < 4.78 is 11.3. The number of thiazole rings is 1. The van der Waals surface area contributed by atoms with Crippen molar-refractivity contribution in [1.82, 2.24) is 4.98 Å². The van der Waals surface area contributed by atoms with E-state index in [4.69, 9.17) is 9.15 Å². The molecule has 2 heterocycles. The molecule has 0 saturated heterocycles. The van der Waals surface area contributed by atoms with Gasteiger partial charge in [-0.2, -0.15) is 5.26 Å². The molecule has 5 nitrogen and oxygen atoms in total. The third-order valence-electron chi connectivity index (χ3n) is 5.73. The van der Waals surface area contributed by atoms with Crippen molar-refractivity contribution in [2.24, 2.45) is 0 Å². The van der Waals surface area contributed by atoms with Gasteiger partial charge in [0.1, 0.15) is 22.4 Å². The molecule has 0 fully saturated rings. The number of benzene rings is 3. The molecule has 2 aromatic heterocycles. The van der Waals surface area contributed by atoms with Crippen molar-refractivity contribution in [1.29, 1.82) is 5.26 Å². The van der Waals surface area contributed by atoms with E-state index in [1.165, 1.54) is 11.3 Å². The lowest BCUT2D eigenvalue weighted by Crippen LogP contribution is -2.03. The van der Waals surface area contributed by atoms with Crippen molar-refractivity contribution in [3.8, 4) is 23.1 Å².